The van der Waals surface area contributed by atoms with Crippen molar-refractivity contribution >= 4 is 35.8 Å². The smallest absolute Gasteiger partial charge is 0.422 e. The Hall–Kier alpha value is -2.50. The van der Waals surface area contributed by atoms with Crippen LogP contribution in [0.5, 0.6) is 5.75 Å². The lowest BCUT2D eigenvalue weighted by Crippen LogP contribution is -2.36. The van der Waals surface area contributed by atoms with E-state index < -0.39 is 12.8 Å². The van der Waals surface area contributed by atoms with Crippen LogP contribution in [0.1, 0.15) is 34.0 Å². The first-order chi connectivity index (χ1) is 14.7. The molecule has 0 spiro atoms. The third-order valence-electron chi connectivity index (χ3n) is 4.30. The van der Waals surface area contributed by atoms with Crippen LogP contribution in [0.25, 0.3) is 0 Å². The zero-order chi connectivity index (χ0) is 22.9. The van der Waals surface area contributed by atoms with Crippen molar-refractivity contribution in [2.24, 2.45) is 4.99 Å². The molecule has 0 bridgehead atoms. The predicted molar refractivity (Wildman–Crippen MR) is 130 cm³/mol. The normalized spacial score (nSPS) is 11.4. The van der Waals surface area contributed by atoms with Crippen LogP contribution < -0.4 is 20.7 Å². The molecule has 0 aromatic heterocycles. The summed E-state index contributed by atoms with van der Waals surface area (Å²) in [6, 6.07) is 12.3. The molecule has 0 heterocycles. The van der Waals surface area contributed by atoms with Gasteiger partial charge in [-0.25, -0.2) is 0 Å². The van der Waals surface area contributed by atoms with Crippen molar-refractivity contribution in [3.05, 3.63) is 64.7 Å². The van der Waals surface area contributed by atoms with Gasteiger partial charge in [-0.2, -0.15) is 13.2 Å². The van der Waals surface area contributed by atoms with Gasteiger partial charge in [0.15, 0.2) is 12.6 Å². The second-order valence-corrected chi connectivity index (χ2v) is 6.85. The number of alkyl halides is 3. The Morgan fingerprint density at radius 2 is 1.69 bits per heavy atom. The number of hydrogen-bond donors (Lipinski definition) is 3. The molecule has 2 aromatic carbocycles. The summed E-state index contributed by atoms with van der Waals surface area (Å²) in [6.07, 6.45) is -4.40. The number of carbonyl (C=O) groups is 1. The molecule has 2 rings (SSSR count). The monoisotopic (exact) mass is 564 g/mol. The topological polar surface area (TPSA) is 74.8 Å². The fraction of sp³-hybridized carbons (Fsp3) is 0.364. The van der Waals surface area contributed by atoms with Gasteiger partial charge in [-0.15, -0.1) is 24.0 Å². The predicted octanol–water partition coefficient (Wildman–Crippen LogP) is 4.17. The summed E-state index contributed by atoms with van der Waals surface area (Å²) in [5.41, 5.74) is 2.92. The lowest BCUT2D eigenvalue weighted by atomic mass is 10.1. The highest BCUT2D eigenvalue weighted by molar-refractivity contribution is 14.0. The first-order valence-electron chi connectivity index (χ1n) is 9.82. The van der Waals surface area contributed by atoms with Gasteiger partial charge in [-0.3, -0.25) is 9.79 Å². The van der Waals surface area contributed by atoms with Gasteiger partial charge in [0.2, 0.25) is 0 Å². The van der Waals surface area contributed by atoms with Crippen molar-refractivity contribution in [3.63, 3.8) is 0 Å². The third-order valence-corrected chi connectivity index (χ3v) is 4.30. The number of rotatable bonds is 8. The number of amides is 1. The van der Waals surface area contributed by atoms with E-state index >= 15 is 0 Å². The Balaban J connectivity index is 0.00000512. The quantitative estimate of drug-likeness (QED) is 0.256. The fourth-order valence-corrected chi connectivity index (χ4v) is 2.72. The first kappa shape index (κ1) is 27.5. The van der Waals surface area contributed by atoms with E-state index in [1.54, 1.807) is 38.2 Å². The van der Waals surface area contributed by atoms with E-state index in [-0.39, 0.29) is 42.2 Å². The van der Waals surface area contributed by atoms with Gasteiger partial charge in [0.1, 0.15) is 5.75 Å². The number of nitrogens with one attached hydrogen (secondary N) is 3. The van der Waals surface area contributed by atoms with Crippen LogP contribution in [-0.4, -0.2) is 38.2 Å². The molecule has 0 fully saturated rings. The Labute approximate surface area is 203 Å². The van der Waals surface area contributed by atoms with Gasteiger partial charge in [-0.1, -0.05) is 24.3 Å². The number of aryl methyl sites for hydroxylation is 1. The summed E-state index contributed by atoms with van der Waals surface area (Å²) < 4.78 is 42.5. The van der Waals surface area contributed by atoms with E-state index in [1.165, 1.54) is 0 Å². The molecule has 1 amide bonds. The number of carbonyl (C=O) groups excluding carboxylic acids is 1. The number of guanidine groups is 1. The van der Waals surface area contributed by atoms with Gasteiger partial charge in [-0.05, 0) is 43.2 Å². The van der Waals surface area contributed by atoms with Crippen LogP contribution in [0.4, 0.5) is 13.2 Å². The average Bonchev–Trinajstić information content (AvgIpc) is 2.73. The molecule has 0 saturated heterocycles. The molecule has 0 radical (unpaired) electrons. The number of hydrogen-bond acceptors (Lipinski definition) is 3. The molecular formula is C22H28F3IN4O2. The lowest BCUT2D eigenvalue weighted by Gasteiger charge is -2.16. The minimum atomic E-state index is -4.40. The van der Waals surface area contributed by atoms with E-state index in [2.05, 4.69) is 20.9 Å². The molecule has 6 nitrogen and oxygen atoms in total. The van der Waals surface area contributed by atoms with Gasteiger partial charge in [0, 0.05) is 37.8 Å². The molecule has 0 atom stereocenters. The Bertz CT molecular complexity index is 903. The SMILES string of the molecule is CCNC(=O)c1ccc(CNC(=NC)NCc2ccc(C)cc2OCC(F)(F)F)cc1.I. The van der Waals surface area contributed by atoms with E-state index in [4.69, 9.17) is 4.74 Å². The molecule has 0 aliphatic rings. The molecule has 0 unspecified atom stereocenters. The number of nitrogens with zero attached hydrogens (tertiary/aromatic N) is 1. The molecule has 176 valence electrons. The summed E-state index contributed by atoms with van der Waals surface area (Å²) in [5, 5.41) is 8.95. The van der Waals surface area contributed by atoms with Crippen LogP contribution in [0.3, 0.4) is 0 Å². The highest BCUT2D eigenvalue weighted by atomic mass is 127. The standard InChI is InChI=1S/C22H27F3N4O2.HI/c1-4-27-20(30)17-9-6-16(7-10-17)12-28-21(26-3)29-13-18-8-5-15(2)11-19(18)31-14-22(23,24)25;/h5-11H,4,12-14H2,1-3H3,(H,27,30)(H2,26,28,29);1H. The molecular weight excluding hydrogens is 536 g/mol. The number of aliphatic imine (C=N–C) groups is 1. The second-order valence-electron chi connectivity index (χ2n) is 6.85. The zero-order valence-electron chi connectivity index (χ0n) is 18.2. The lowest BCUT2D eigenvalue weighted by molar-refractivity contribution is -0.153. The first-order valence-corrected chi connectivity index (χ1v) is 9.82. The largest absolute Gasteiger partial charge is 0.484 e. The molecule has 10 heteroatoms. The minimum absolute atomic E-state index is 0. The van der Waals surface area contributed by atoms with E-state index in [1.807, 2.05) is 25.1 Å². The molecule has 32 heavy (non-hydrogen) atoms. The highest BCUT2D eigenvalue weighted by Crippen LogP contribution is 2.23. The molecule has 3 N–H and O–H groups in total. The van der Waals surface area contributed by atoms with Gasteiger partial charge >= 0.3 is 6.18 Å². The third kappa shape index (κ3) is 9.33. The molecule has 0 aliphatic heterocycles. The van der Waals surface area contributed by atoms with Crippen LogP contribution in [0.2, 0.25) is 0 Å². The zero-order valence-corrected chi connectivity index (χ0v) is 20.5. The van der Waals surface area contributed by atoms with Crippen molar-refractivity contribution in [2.75, 3.05) is 20.2 Å². The van der Waals surface area contributed by atoms with E-state index in [0.717, 1.165) is 11.1 Å². The van der Waals surface area contributed by atoms with Gasteiger partial charge < -0.3 is 20.7 Å². The van der Waals surface area contributed by atoms with Crippen LogP contribution in [-0.2, 0) is 13.1 Å². The highest BCUT2D eigenvalue weighted by Gasteiger charge is 2.28. The number of ether oxygens (including phenoxy) is 1. The van der Waals surface area contributed by atoms with Crippen molar-refractivity contribution in [1.82, 2.24) is 16.0 Å². The van der Waals surface area contributed by atoms with Gasteiger partial charge in [0.05, 0.1) is 0 Å². The summed E-state index contributed by atoms with van der Waals surface area (Å²) in [6.45, 7) is 3.56. The maximum Gasteiger partial charge on any atom is 0.422 e. The van der Waals surface area contributed by atoms with Crippen molar-refractivity contribution in [1.29, 1.82) is 0 Å². The maximum atomic E-state index is 12.5. The Morgan fingerprint density at radius 1 is 1.03 bits per heavy atom. The summed E-state index contributed by atoms with van der Waals surface area (Å²) >= 11 is 0. The fourth-order valence-electron chi connectivity index (χ4n) is 2.72. The molecule has 0 saturated carbocycles. The van der Waals surface area contributed by atoms with Crippen LogP contribution >= 0.6 is 24.0 Å². The van der Waals surface area contributed by atoms with Gasteiger partial charge in [0.25, 0.3) is 5.91 Å². The summed E-state index contributed by atoms with van der Waals surface area (Å²) in [5.74, 6) is 0.539. The van der Waals surface area contributed by atoms with Crippen LogP contribution in [0.15, 0.2) is 47.5 Å². The molecule has 0 aliphatic carbocycles. The van der Waals surface area contributed by atoms with Crippen molar-refractivity contribution < 1.29 is 22.7 Å². The Kier molecular flexibility index (Phi) is 11.3. The average molecular weight is 564 g/mol. The summed E-state index contributed by atoms with van der Waals surface area (Å²) in [4.78, 5) is 15.9. The van der Waals surface area contributed by atoms with Crippen molar-refractivity contribution in [3.8, 4) is 5.75 Å². The van der Waals surface area contributed by atoms with Crippen LogP contribution in [0, 0.1) is 6.92 Å². The number of benzene rings is 2. The van der Waals surface area contributed by atoms with E-state index in [9.17, 15) is 18.0 Å². The van der Waals surface area contributed by atoms with E-state index in [0.29, 0.717) is 30.2 Å². The second kappa shape index (κ2) is 13.1. The minimum Gasteiger partial charge on any atom is -0.484 e. The van der Waals surface area contributed by atoms with Crippen molar-refractivity contribution in [2.45, 2.75) is 33.1 Å². The molecule has 2 aromatic rings. The number of halogens is 4. The summed E-state index contributed by atoms with van der Waals surface area (Å²) in [7, 11) is 1.60. The Morgan fingerprint density at radius 3 is 2.28 bits per heavy atom. The maximum absolute atomic E-state index is 12.5.